The minimum Gasteiger partial charge on any atom is -0.358 e. The Morgan fingerprint density at radius 3 is 2.63 bits per heavy atom. The number of nitrogens with zero attached hydrogens (tertiary/aromatic N) is 2. The first-order valence-corrected chi connectivity index (χ1v) is 12.2. The smallest absolute Gasteiger partial charge is 0.253 e. The average molecular weight is 462 g/mol. The Bertz CT molecular complexity index is 1080. The van der Waals surface area contributed by atoms with Crippen molar-refractivity contribution >= 4 is 51.3 Å². The fourth-order valence-electron chi connectivity index (χ4n) is 4.72. The standard InChI is InChI=1S/C23H25Cl2N3OS/c24-21-14-15(22(25)30-21)7-8-27-9-11-28(12-10-27)23(29)16-5-6-20-18(13-16)17-3-1-2-4-19(17)26-20/h5-6,13-14,26H,1-4,7-12H2. The molecule has 158 valence electrons. The molecule has 0 bridgehead atoms. The summed E-state index contributed by atoms with van der Waals surface area (Å²) >= 11 is 13.7. The van der Waals surface area contributed by atoms with Gasteiger partial charge in [-0.25, -0.2) is 0 Å². The highest BCUT2D eigenvalue weighted by atomic mass is 35.5. The van der Waals surface area contributed by atoms with Crippen LogP contribution >= 0.6 is 34.5 Å². The van der Waals surface area contributed by atoms with Crippen molar-refractivity contribution in [1.29, 1.82) is 0 Å². The zero-order valence-corrected chi connectivity index (χ0v) is 19.2. The second-order valence-electron chi connectivity index (χ2n) is 8.28. The lowest BCUT2D eigenvalue weighted by Crippen LogP contribution is -2.49. The lowest BCUT2D eigenvalue weighted by molar-refractivity contribution is 0.0638. The van der Waals surface area contributed by atoms with E-state index in [9.17, 15) is 4.79 Å². The molecular weight excluding hydrogens is 437 g/mol. The number of halogens is 2. The summed E-state index contributed by atoms with van der Waals surface area (Å²) in [6.07, 6.45) is 5.62. The van der Waals surface area contributed by atoms with Crippen molar-refractivity contribution in [2.24, 2.45) is 0 Å². The van der Waals surface area contributed by atoms with E-state index in [0.29, 0.717) is 0 Å². The van der Waals surface area contributed by atoms with Gasteiger partial charge in [-0.05, 0) is 67.5 Å². The summed E-state index contributed by atoms with van der Waals surface area (Å²) < 4.78 is 1.53. The molecule has 1 aliphatic carbocycles. The van der Waals surface area contributed by atoms with E-state index in [1.165, 1.54) is 40.8 Å². The predicted molar refractivity (Wildman–Crippen MR) is 125 cm³/mol. The number of rotatable bonds is 4. The van der Waals surface area contributed by atoms with Gasteiger partial charge in [0.2, 0.25) is 0 Å². The fraction of sp³-hybridized carbons (Fsp3) is 0.435. The summed E-state index contributed by atoms with van der Waals surface area (Å²) in [7, 11) is 0. The Morgan fingerprint density at radius 2 is 1.87 bits per heavy atom. The van der Waals surface area contributed by atoms with E-state index >= 15 is 0 Å². The monoisotopic (exact) mass is 461 g/mol. The molecule has 7 heteroatoms. The van der Waals surface area contributed by atoms with Gasteiger partial charge in [0.25, 0.3) is 5.91 Å². The van der Waals surface area contributed by atoms with Gasteiger partial charge in [-0.15, -0.1) is 11.3 Å². The van der Waals surface area contributed by atoms with Gasteiger partial charge in [0.05, 0.1) is 8.67 Å². The van der Waals surface area contributed by atoms with E-state index in [1.807, 2.05) is 17.0 Å². The van der Waals surface area contributed by atoms with Crippen molar-refractivity contribution in [2.75, 3.05) is 32.7 Å². The van der Waals surface area contributed by atoms with Crippen LogP contribution in [0.2, 0.25) is 8.67 Å². The Kier molecular flexibility index (Phi) is 5.80. The van der Waals surface area contributed by atoms with Crippen LogP contribution in [-0.2, 0) is 19.3 Å². The summed E-state index contributed by atoms with van der Waals surface area (Å²) in [5.74, 6) is 0.148. The number of hydrogen-bond donors (Lipinski definition) is 1. The van der Waals surface area contributed by atoms with Gasteiger partial charge >= 0.3 is 0 Å². The first kappa shape index (κ1) is 20.4. The topological polar surface area (TPSA) is 39.3 Å². The molecule has 1 aliphatic heterocycles. The van der Waals surface area contributed by atoms with Crippen LogP contribution in [0.15, 0.2) is 24.3 Å². The maximum atomic E-state index is 13.1. The van der Waals surface area contributed by atoms with Crippen LogP contribution in [0.5, 0.6) is 0 Å². The molecule has 1 aromatic carbocycles. The van der Waals surface area contributed by atoms with E-state index in [2.05, 4.69) is 22.0 Å². The summed E-state index contributed by atoms with van der Waals surface area (Å²) in [5, 5.41) is 1.24. The van der Waals surface area contributed by atoms with Crippen molar-refractivity contribution in [3.8, 4) is 0 Å². The van der Waals surface area contributed by atoms with Gasteiger partial charge in [0.1, 0.15) is 0 Å². The Hall–Kier alpha value is -1.53. The molecule has 0 radical (unpaired) electrons. The highest BCUT2D eigenvalue weighted by Gasteiger charge is 2.23. The van der Waals surface area contributed by atoms with E-state index < -0.39 is 0 Å². The van der Waals surface area contributed by atoms with Crippen molar-refractivity contribution < 1.29 is 4.79 Å². The summed E-state index contributed by atoms with van der Waals surface area (Å²) in [6, 6.07) is 8.12. The molecule has 2 aliphatic rings. The van der Waals surface area contributed by atoms with Gasteiger partial charge in [0.15, 0.2) is 0 Å². The first-order chi connectivity index (χ1) is 14.6. The van der Waals surface area contributed by atoms with Crippen LogP contribution in [0, 0.1) is 0 Å². The minimum atomic E-state index is 0.148. The molecular formula is C23H25Cl2N3OS. The number of carbonyl (C=O) groups excluding carboxylic acids is 1. The van der Waals surface area contributed by atoms with Crippen LogP contribution in [0.3, 0.4) is 0 Å². The van der Waals surface area contributed by atoms with E-state index in [4.69, 9.17) is 23.2 Å². The molecule has 0 atom stereocenters. The minimum absolute atomic E-state index is 0.148. The fourth-order valence-corrected chi connectivity index (χ4v) is 6.26. The molecule has 0 saturated carbocycles. The Morgan fingerprint density at radius 1 is 1.07 bits per heavy atom. The number of aromatic nitrogens is 1. The van der Waals surface area contributed by atoms with E-state index in [1.54, 1.807) is 0 Å². The molecule has 3 aromatic rings. The number of amides is 1. The van der Waals surface area contributed by atoms with Gasteiger partial charge in [-0.2, -0.15) is 0 Å². The molecule has 1 N–H and O–H groups in total. The molecule has 4 nitrogen and oxygen atoms in total. The van der Waals surface area contributed by atoms with Gasteiger partial charge in [-0.3, -0.25) is 9.69 Å². The third kappa shape index (κ3) is 4.01. The van der Waals surface area contributed by atoms with Crippen molar-refractivity contribution in [3.05, 3.63) is 55.3 Å². The van der Waals surface area contributed by atoms with Crippen molar-refractivity contribution in [3.63, 3.8) is 0 Å². The number of aryl methyl sites for hydroxylation is 2. The van der Waals surface area contributed by atoms with E-state index in [0.717, 1.165) is 77.3 Å². The lowest BCUT2D eigenvalue weighted by Gasteiger charge is -2.34. The number of fused-ring (bicyclic) bond motifs is 3. The predicted octanol–water partition coefficient (Wildman–Crippen LogP) is 5.42. The third-order valence-electron chi connectivity index (χ3n) is 6.43. The van der Waals surface area contributed by atoms with Crippen molar-refractivity contribution in [2.45, 2.75) is 32.1 Å². The Balaban J connectivity index is 1.22. The highest BCUT2D eigenvalue weighted by molar-refractivity contribution is 7.20. The molecule has 3 heterocycles. The number of H-pyrrole nitrogens is 1. The molecule has 0 spiro atoms. The zero-order valence-electron chi connectivity index (χ0n) is 16.8. The number of thiophene rings is 1. The number of carbonyl (C=O) groups is 1. The van der Waals surface area contributed by atoms with Crippen LogP contribution in [-0.4, -0.2) is 53.4 Å². The highest BCUT2D eigenvalue weighted by Crippen LogP contribution is 2.32. The van der Waals surface area contributed by atoms with Gasteiger partial charge < -0.3 is 9.88 Å². The second-order valence-corrected chi connectivity index (χ2v) is 10.6. The summed E-state index contributed by atoms with van der Waals surface area (Å²) in [4.78, 5) is 21.1. The summed E-state index contributed by atoms with van der Waals surface area (Å²) in [5.41, 5.74) is 5.87. The van der Waals surface area contributed by atoms with Crippen molar-refractivity contribution in [1.82, 2.24) is 14.8 Å². The Labute approximate surface area is 190 Å². The van der Waals surface area contributed by atoms with Crippen LogP contribution in [0.4, 0.5) is 0 Å². The molecule has 1 fully saturated rings. The number of nitrogens with one attached hydrogen (secondary N) is 1. The number of piperazine rings is 1. The third-order valence-corrected chi connectivity index (χ3v) is 8.00. The first-order valence-electron chi connectivity index (χ1n) is 10.7. The van der Waals surface area contributed by atoms with Crippen LogP contribution in [0.1, 0.15) is 40.0 Å². The second kappa shape index (κ2) is 8.54. The lowest BCUT2D eigenvalue weighted by atomic mass is 9.95. The average Bonchev–Trinajstić information content (AvgIpc) is 3.30. The van der Waals surface area contributed by atoms with Gasteiger partial charge in [-0.1, -0.05) is 23.2 Å². The van der Waals surface area contributed by atoms with Gasteiger partial charge in [0, 0.05) is 54.9 Å². The quantitative estimate of drug-likeness (QED) is 0.563. The normalized spacial score (nSPS) is 17.5. The maximum absolute atomic E-state index is 13.1. The molecule has 2 aromatic heterocycles. The SMILES string of the molecule is O=C(c1ccc2[nH]c3c(c2c1)CCCC3)N1CCN(CCc2cc(Cl)sc2Cl)CC1. The molecule has 1 saturated heterocycles. The largest absolute Gasteiger partial charge is 0.358 e. The number of hydrogen-bond acceptors (Lipinski definition) is 3. The maximum Gasteiger partial charge on any atom is 0.253 e. The molecule has 0 unspecified atom stereocenters. The number of aromatic amines is 1. The molecule has 1 amide bonds. The van der Waals surface area contributed by atoms with Crippen LogP contribution < -0.4 is 0 Å². The number of benzene rings is 1. The summed E-state index contributed by atoms with van der Waals surface area (Å²) in [6.45, 7) is 4.25. The molecule has 5 rings (SSSR count). The molecule has 30 heavy (non-hydrogen) atoms. The van der Waals surface area contributed by atoms with Crippen LogP contribution in [0.25, 0.3) is 10.9 Å². The zero-order chi connectivity index (χ0) is 20.7. The van der Waals surface area contributed by atoms with E-state index in [-0.39, 0.29) is 5.91 Å².